The van der Waals surface area contributed by atoms with Gasteiger partial charge >= 0.3 is 0 Å². The molecule has 0 aliphatic rings. The first kappa shape index (κ1) is 9.86. The Bertz CT molecular complexity index is 408. The standard InChI is InChI=1S/C11H14N4/c1-12-7-8-15-9-13-11(14-15)10-5-3-2-4-6-10/h2-6,9,12H,7-8H2,1H3. The lowest BCUT2D eigenvalue weighted by molar-refractivity contribution is 0.584. The number of nitrogens with one attached hydrogen (secondary N) is 1. The Hall–Kier alpha value is -1.68. The third-order valence-electron chi connectivity index (χ3n) is 2.16. The van der Waals surface area contributed by atoms with Crippen LogP contribution in [-0.2, 0) is 6.54 Å². The average Bonchev–Trinajstić information content (AvgIpc) is 2.76. The van der Waals surface area contributed by atoms with Crippen LogP contribution in [0.5, 0.6) is 0 Å². The van der Waals surface area contributed by atoms with E-state index in [1.807, 2.05) is 42.1 Å². The normalized spacial score (nSPS) is 10.5. The SMILES string of the molecule is CNCCn1cnc(-c2ccccc2)n1. The first-order valence-electron chi connectivity index (χ1n) is 4.99. The van der Waals surface area contributed by atoms with Crippen LogP contribution in [0.2, 0.25) is 0 Å². The van der Waals surface area contributed by atoms with E-state index in [0.29, 0.717) is 0 Å². The monoisotopic (exact) mass is 202 g/mol. The molecule has 1 N–H and O–H groups in total. The van der Waals surface area contributed by atoms with Gasteiger partial charge in [-0.1, -0.05) is 30.3 Å². The Labute approximate surface area is 89.0 Å². The summed E-state index contributed by atoms with van der Waals surface area (Å²) in [5.41, 5.74) is 1.06. The molecule has 1 aromatic carbocycles. The predicted octanol–water partition coefficient (Wildman–Crippen LogP) is 1.16. The molecule has 0 saturated heterocycles. The van der Waals surface area contributed by atoms with Gasteiger partial charge in [0.25, 0.3) is 0 Å². The molecule has 15 heavy (non-hydrogen) atoms. The van der Waals surface area contributed by atoms with Crippen LogP contribution < -0.4 is 5.32 Å². The Morgan fingerprint density at radius 1 is 1.27 bits per heavy atom. The van der Waals surface area contributed by atoms with Gasteiger partial charge in [0, 0.05) is 12.1 Å². The fourth-order valence-corrected chi connectivity index (χ4v) is 1.35. The van der Waals surface area contributed by atoms with E-state index >= 15 is 0 Å². The molecule has 2 rings (SSSR count). The maximum absolute atomic E-state index is 4.38. The maximum Gasteiger partial charge on any atom is 0.181 e. The summed E-state index contributed by atoms with van der Waals surface area (Å²) in [5, 5.41) is 7.46. The number of benzene rings is 1. The maximum atomic E-state index is 4.38. The van der Waals surface area contributed by atoms with Crippen molar-refractivity contribution in [2.75, 3.05) is 13.6 Å². The molecule has 0 bridgehead atoms. The molecule has 4 nitrogen and oxygen atoms in total. The van der Waals surface area contributed by atoms with Crippen LogP contribution >= 0.6 is 0 Å². The Morgan fingerprint density at radius 3 is 2.80 bits per heavy atom. The molecule has 0 atom stereocenters. The van der Waals surface area contributed by atoms with Crippen LogP contribution in [0.3, 0.4) is 0 Å². The molecule has 2 aromatic rings. The number of likely N-dealkylation sites (N-methyl/N-ethyl adjacent to an activating group) is 1. The summed E-state index contributed by atoms with van der Waals surface area (Å²) in [5.74, 6) is 0.784. The first-order valence-corrected chi connectivity index (χ1v) is 4.99. The average molecular weight is 202 g/mol. The predicted molar refractivity (Wildman–Crippen MR) is 59.4 cm³/mol. The van der Waals surface area contributed by atoms with Gasteiger partial charge in [-0.2, -0.15) is 5.10 Å². The van der Waals surface area contributed by atoms with Crippen molar-refractivity contribution < 1.29 is 0 Å². The van der Waals surface area contributed by atoms with Crippen LogP contribution in [0.4, 0.5) is 0 Å². The molecule has 0 unspecified atom stereocenters. The van der Waals surface area contributed by atoms with E-state index in [2.05, 4.69) is 15.4 Å². The zero-order chi connectivity index (χ0) is 10.5. The van der Waals surface area contributed by atoms with E-state index < -0.39 is 0 Å². The van der Waals surface area contributed by atoms with Crippen LogP contribution in [0.1, 0.15) is 0 Å². The molecule has 0 saturated carbocycles. The number of nitrogens with zero attached hydrogens (tertiary/aromatic N) is 3. The summed E-state index contributed by atoms with van der Waals surface area (Å²) < 4.78 is 1.85. The van der Waals surface area contributed by atoms with Gasteiger partial charge in [-0.3, -0.25) is 4.68 Å². The molecule has 0 radical (unpaired) electrons. The third-order valence-corrected chi connectivity index (χ3v) is 2.16. The number of aromatic nitrogens is 3. The summed E-state index contributed by atoms with van der Waals surface area (Å²) in [6, 6.07) is 9.99. The van der Waals surface area contributed by atoms with Gasteiger partial charge in [-0.05, 0) is 7.05 Å². The smallest absolute Gasteiger partial charge is 0.181 e. The summed E-state index contributed by atoms with van der Waals surface area (Å²) in [6.07, 6.45) is 1.76. The highest BCUT2D eigenvalue weighted by Gasteiger charge is 2.02. The van der Waals surface area contributed by atoms with Crippen molar-refractivity contribution in [3.8, 4) is 11.4 Å². The molecule has 1 aromatic heterocycles. The van der Waals surface area contributed by atoms with Crippen LogP contribution in [0.25, 0.3) is 11.4 Å². The highest BCUT2D eigenvalue weighted by Crippen LogP contribution is 2.12. The van der Waals surface area contributed by atoms with Crippen molar-refractivity contribution in [2.24, 2.45) is 0 Å². The van der Waals surface area contributed by atoms with Crippen LogP contribution in [0, 0.1) is 0 Å². The molecule has 0 fully saturated rings. The van der Waals surface area contributed by atoms with E-state index in [0.717, 1.165) is 24.5 Å². The summed E-state index contributed by atoms with van der Waals surface area (Å²) >= 11 is 0. The molecule has 0 aliphatic heterocycles. The molecule has 0 amide bonds. The summed E-state index contributed by atoms with van der Waals surface area (Å²) in [4.78, 5) is 4.26. The number of rotatable bonds is 4. The lowest BCUT2D eigenvalue weighted by Crippen LogP contribution is -2.15. The van der Waals surface area contributed by atoms with Crippen molar-refractivity contribution in [1.82, 2.24) is 20.1 Å². The largest absolute Gasteiger partial charge is 0.318 e. The van der Waals surface area contributed by atoms with Crippen molar-refractivity contribution >= 4 is 0 Å². The minimum atomic E-state index is 0.784. The molecular formula is C11H14N4. The molecule has 0 spiro atoms. The van der Waals surface area contributed by atoms with E-state index in [1.165, 1.54) is 0 Å². The Kier molecular flexibility index (Phi) is 3.09. The topological polar surface area (TPSA) is 42.7 Å². The van der Waals surface area contributed by atoms with Gasteiger partial charge in [-0.15, -0.1) is 0 Å². The van der Waals surface area contributed by atoms with Crippen LogP contribution in [-0.4, -0.2) is 28.4 Å². The van der Waals surface area contributed by atoms with E-state index in [-0.39, 0.29) is 0 Å². The van der Waals surface area contributed by atoms with Gasteiger partial charge in [-0.25, -0.2) is 4.98 Å². The second kappa shape index (κ2) is 4.70. The second-order valence-electron chi connectivity index (χ2n) is 3.30. The minimum absolute atomic E-state index is 0.784. The van der Waals surface area contributed by atoms with Crippen molar-refractivity contribution in [3.63, 3.8) is 0 Å². The van der Waals surface area contributed by atoms with Gasteiger partial charge < -0.3 is 5.32 Å². The number of hydrogen-bond donors (Lipinski definition) is 1. The quantitative estimate of drug-likeness (QED) is 0.809. The molecule has 4 heteroatoms. The van der Waals surface area contributed by atoms with Gasteiger partial charge in [0.2, 0.25) is 0 Å². The van der Waals surface area contributed by atoms with Crippen LogP contribution in [0.15, 0.2) is 36.7 Å². The Morgan fingerprint density at radius 2 is 2.07 bits per heavy atom. The minimum Gasteiger partial charge on any atom is -0.318 e. The molecule has 78 valence electrons. The number of hydrogen-bond acceptors (Lipinski definition) is 3. The van der Waals surface area contributed by atoms with Crippen molar-refractivity contribution in [3.05, 3.63) is 36.7 Å². The Balaban J connectivity index is 2.14. The molecular weight excluding hydrogens is 188 g/mol. The highest BCUT2D eigenvalue weighted by atomic mass is 15.3. The second-order valence-corrected chi connectivity index (χ2v) is 3.30. The van der Waals surface area contributed by atoms with Crippen molar-refractivity contribution in [1.29, 1.82) is 0 Å². The van der Waals surface area contributed by atoms with E-state index in [4.69, 9.17) is 0 Å². The lowest BCUT2D eigenvalue weighted by Gasteiger charge is -1.98. The summed E-state index contributed by atoms with van der Waals surface area (Å²) in [6.45, 7) is 1.74. The fraction of sp³-hybridized carbons (Fsp3) is 0.273. The van der Waals surface area contributed by atoms with Gasteiger partial charge in [0.15, 0.2) is 5.82 Å². The van der Waals surface area contributed by atoms with E-state index in [1.54, 1.807) is 6.33 Å². The first-order chi connectivity index (χ1) is 7.40. The molecule has 0 aliphatic carbocycles. The highest BCUT2D eigenvalue weighted by molar-refractivity contribution is 5.53. The zero-order valence-electron chi connectivity index (χ0n) is 8.72. The fourth-order valence-electron chi connectivity index (χ4n) is 1.35. The summed E-state index contributed by atoms with van der Waals surface area (Å²) in [7, 11) is 1.93. The van der Waals surface area contributed by atoms with Gasteiger partial charge in [0.1, 0.15) is 6.33 Å². The van der Waals surface area contributed by atoms with E-state index in [9.17, 15) is 0 Å². The zero-order valence-corrected chi connectivity index (χ0v) is 8.72. The molecule has 1 heterocycles. The van der Waals surface area contributed by atoms with Gasteiger partial charge in [0.05, 0.1) is 6.54 Å². The van der Waals surface area contributed by atoms with Crippen molar-refractivity contribution in [2.45, 2.75) is 6.54 Å². The lowest BCUT2D eigenvalue weighted by atomic mass is 10.2. The third kappa shape index (κ3) is 2.41.